The Balaban J connectivity index is 1.73. The molecular formula is C22H17ClN2O. The summed E-state index contributed by atoms with van der Waals surface area (Å²) in [6.45, 7) is 0. The average Bonchev–Trinajstić information content (AvgIpc) is 3.15. The highest BCUT2D eigenvalue weighted by Crippen LogP contribution is 2.34. The van der Waals surface area contributed by atoms with Gasteiger partial charge in [-0.25, -0.2) is 5.01 Å². The maximum atomic E-state index is 13.1. The van der Waals surface area contributed by atoms with Crippen LogP contribution in [0.4, 0.5) is 0 Å². The third-order valence-corrected chi connectivity index (χ3v) is 4.75. The van der Waals surface area contributed by atoms with Crippen molar-refractivity contribution in [1.82, 2.24) is 5.01 Å². The molecular weight excluding hydrogens is 344 g/mol. The Kier molecular flexibility index (Phi) is 4.55. The molecule has 0 N–H and O–H groups in total. The van der Waals surface area contributed by atoms with Gasteiger partial charge in [-0.15, -0.1) is 0 Å². The lowest BCUT2D eigenvalue weighted by Gasteiger charge is -2.22. The van der Waals surface area contributed by atoms with Gasteiger partial charge in [-0.1, -0.05) is 72.3 Å². The van der Waals surface area contributed by atoms with Gasteiger partial charge in [0.25, 0.3) is 5.91 Å². The first-order chi connectivity index (χ1) is 12.7. The first-order valence-electron chi connectivity index (χ1n) is 8.49. The summed E-state index contributed by atoms with van der Waals surface area (Å²) in [6.07, 6.45) is 0.671. The van der Waals surface area contributed by atoms with Crippen LogP contribution in [0.15, 0.2) is 90.0 Å². The lowest BCUT2D eigenvalue weighted by molar-refractivity contribution is 0.0711. The Labute approximate surface area is 157 Å². The number of carbonyl (C=O) groups excluding carboxylic acids is 1. The van der Waals surface area contributed by atoms with Gasteiger partial charge < -0.3 is 0 Å². The van der Waals surface area contributed by atoms with Gasteiger partial charge in [0, 0.05) is 17.0 Å². The van der Waals surface area contributed by atoms with E-state index < -0.39 is 0 Å². The minimum atomic E-state index is -0.143. The summed E-state index contributed by atoms with van der Waals surface area (Å²) in [5.41, 5.74) is 3.60. The Morgan fingerprint density at radius 1 is 0.885 bits per heavy atom. The smallest absolute Gasteiger partial charge is 0.267 e. The Hall–Kier alpha value is -2.91. The van der Waals surface area contributed by atoms with Crippen LogP contribution in [-0.4, -0.2) is 16.6 Å². The summed E-state index contributed by atoms with van der Waals surface area (Å²) in [5.74, 6) is -0.100. The fourth-order valence-electron chi connectivity index (χ4n) is 3.16. The van der Waals surface area contributed by atoms with Gasteiger partial charge in [0.1, 0.15) is 0 Å². The van der Waals surface area contributed by atoms with E-state index in [0.717, 1.165) is 16.8 Å². The molecule has 0 saturated heterocycles. The summed E-state index contributed by atoms with van der Waals surface area (Å²) in [6, 6.07) is 26.7. The van der Waals surface area contributed by atoms with Gasteiger partial charge in [0.15, 0.2) is 0 Å². The minimum Gasteiger partial charge on any atom is -0.267 e. The van der Waals surface area contributed by atoms with E-state index in [1.807, 2.05) is 84.9 Å². The molecule has 1 aliphatic rings. The molecule has 1 heterocycles. The van der Waals surface area contributed by atoms with Crippen LogP contribution in [0.3, 0.4) is 0 Å². The van der Waals surface area contributed by atoms with E-state index in [-0.39, 0.29) is 11.9 Å². The molecule has 1 aliphatic heterocycles. The van der Waals surface area contributed by atoms with Gasteiger partial charge in [-0.3, -0.25) is 4.79 Å². The topological polar surface area (TPSA) is 32.7 Å². The van der Waals surface area contributed by atoms with Crippen molar-refractivity contribution in [3.05, 3.63) is 107 Å². The zero-order valence-corrected chi connectivity index (χ0v) is 14.8. The molecule has 4 rings (SSSR count). The van der Waals surface area contributed by atoms with Gasteiger partial charge in [0.05, 0.1) is 11.8 Å². The largest absolute Gasteiger partial charge is 0.274 e. The lowest BCUT2D eigenvalue weighted by Crippen LogP contribution is -2.27. The molecule has 1 unspecified atom stereocenters. The van der Waals surface area contributed by atoms with Crippen molar-refractivity contribution in [1.29, 1.82) is 0 Å². The number of hydrogen-bond donors (Lipinski definition) is 0. The number of nitrogens with zero attached hydrogens (tertiary/aromatic N) is 2. The summed E-state index contributed by atoms with van der Waals surface area (Å²) in [5, 5.41) is 6.96. The number of amides is 1. The fourth-order valence-corrected chi connectivity index (χ4v) is 3.29. The van der Waals surface area contributed by atoms with Crippen molar-refractivity contribution in [3.63, 3.8) is 0 Å². The molecule has 3 nitrogen and oxygen atoms in total. The van der Waals surface area contributed by atoms with E-state index in [0.29, 0.717) is 17.0 Å². The summed E-state index contributed by atoms with van der Waals surface area (Å²) in [4.78, 5) is 13.1. The van der Waals surface area contributed by atoms with E-state index in [1.165, 1.54) is 0 Å². The van der Waals surface area contributed by atoms with Crippen LogP contribution in [0.5, 0.6) is 0 Å². The highest BCUT2D eigenvalue weighted by molar-refractivity contribution is 6.30. The van der Waals surface area contributed by atoms with Crippen molar-refractivity contribution in [3.8, 4) is 0 Å². The molecule has 3 aromatic carbocycles. The van der Waals surface area contributed by atoms with E-state index >= 15 is 0 Å². The van der Waals surface area contributed by atoms with E-state index in [2.05, 4.69) is 5.10 Å². The SMILES string of the molecule is O=C(c1ccccc1)N1N=C(c2ccccc2)CC1c1ccc(Cl)cc1. The number of benzene rings is 3. The number of rotatable bonds is 3. The molecule has 0 bridgehead atoms. The molecule has 0 fully saturated rings. The standard InChI is InChI=1S/C22H17ClN2O/c23-19-13-11-17(12-14-19)21-15-20(16-7-3-1-4-8-16)24-25(21)22(26)18-9-5-2-6-10-18/h1-14,21H,15H2. The van der Waals surface area contributed by atoms with Crippen molar-refractivity contribution in [2.75, 3.05) is 0 Å². The van der Waals surface area contributed by atoms with E-state index in [9.17, 15) is 4.79 Å². The second-order valence-electron chi connectivity index (χ2n) is 6.20. The van der Waals surface area contributed by atoms with Crippen molar-refractivity contribution in [2.24, 2.45) is 5.10 Å². The number of hydrogen-bond acceptors (Lipinski definition) is 2. The Morgan fingerprint density at radius 3 is 2.15 bits per heavy atom. The number of halogens is 1. The van der Waals surface area contributed by atoms with E-state index in [1.54, 1.807) is 5.01 Å². The minimum absolute atomic E-state index is 0.100. The molecule has 0 aromatic heterocycles. The van der Waals surface area contributed by atoms with Crippen LogP contribution in [0.2, 0.25) is 5.02 Å². The molecule has 4 heteroatoms. The second-order valence-corrected chi connectivity index (χ2v) is 6.64. The van der Waals surface area contributed by atoms with Crippen LogP contribution < -0.4 is 0 Å². The van der Waals surface area contributed by atoms with Crippen LogP contribution in [-0.2, 0) is 0 Å². The lowest BCUT2D eigenvalue weighted by atomic mass is 9.98. The maximum Gasteiger partial charge on any atom is 0.274 e. The number of carbonyl (C=O) groups is 1. The molecule has 0 saturated carbocycles. The molecule has 0 aliphatic carbocycles. The monoisotopic (exact) mass is 360 g/mol. The average molecular weight is 361 g/mol. The highest BCUT2D eigenvalue weighted by atomic mass is 35.5. The van der Waals surface area contributed by atoms with E-state index in [4.69, 9.17) is 11.6 Å². The maximum absolute atomic E-state index is 13.1. The second kappa shape index (κ2) is 7.14. The summed E-state index contributed by atoms with van der Waals surface area (Å²) in [7, 11) is 0. The predicted octanol–water partition coefficient (Wildman–Crippen LogP) is 5.33. The van der Waals surface area contributed by atoms with Crippen molar-refractivity contribution in [2.45, 2.75) is 12.5 Å². The Bertz CT molecular complexity index is 937. The highest BCUT2D eigenvalue weighted by Gasteiger charge is 2.33. The van der Waals surface area contributed by atoms with Crippen molar-refractivity contribution < 1.29 is 4.79 Å². The zero-order valence-electron chi connectivity index (χ0n) is 14.0. The van der Waals surface area contributed by atoms with Gasteiger partial charge in [-0.2, -0.15) is 5.10 Å². The van der Waals surface area contributed by atoms with Crippen LogP contribution in [0, 0.1) is 0 Å². The predicted molar refractivity (Wildman–Crippen MR) is 104 cm³/mol. The molecule has 1 atom stereocenters. The van der Waals surface area contributed by atoms with Crippen molar-refractivity contribution >= 4 is 23.2 Å². The molecule has 128 valence electrons. The Morgan fingerprint density at radius 2 is 1.50 bits per heavy atom. The zero-order chi connectivity index (χ0) is 17.9. The normalized spacial score (nSPS) is 16.4. The first kappa shape index (κ1) is 16.6. The molecule has 0 spiro atoms. The first-order valence-corrected chi connectivity index (χ1v) is 8.87. The van der Waals surface area contributed by atoms with Gasteiger partial charge >= 0.3 is 0 Å². The molecule has 3 aromatic rings. The third-order valence-electron chi connectivity index (χ3n) is 4.50. The summed E-state index contributed by atoms with van der Waals surface area (Å²) < 4.78 is 0. The molecule has 26 heavy (non-hydrogen) atoms. The molecule has 0 radical (unpaired) electrons. The van der Waals surface area contributed by atoms with Crippen LogP contribution in [0.25, 0.3) is 0 Å². The van der Waals surface area contributed by atoms with Crippen LogP contribution >= 0.6 is 11.6 Å². The fraction of sp³-hybridized carbons (Fsp3) is 0.0909. The van der Waals surface area contributed by atoms with Crippen LogP contribution in [0.1, 0.15) is 33.9 Å². The number of hydrazone groups is 1. The molecule has 1 amide bonds. The van der Waals surface area contributed by atoms with Gasteiger partial charge in [0.2, 0.25) is 0 Å². The van der Waals surface area contributed by atoms with Gasteiger partial charge in [-0.05, 0) is 35.4 Å². The summed E-state index contributed by atoms with van der Waals surface area (Å²) >= 11 is 6.03. The third kappa shape index (κ3) is 3.26. The quantitative estimate of drug-likeness (QED) is 0.621.